The Hall–Kier alpha value is -1.19. The van der Waals surface area contributed by atoms with Crippen LogP contribution in [0.25, 0.3) is 0 Å². The van der Waals surface area contributed by atoms with E-state index in [2.05, 4.69) is 49.7 Å². The molecule has 39 heavy (non-hydrogen) atoms. The van der Waals surface area contributed by atoms with Crippen LogP contribution in [-0.2, 0) is 9.59 Å². The van der Waals surface area contributed by atoms with E-state index in [0.29, 0.717) is 26.1 Å². The molecule has 2 amide bonds. The second-order valence-electron chi connectivity index (χ2n) is 10.9. The van der Waals surface area contributed by atoms with Crippen LogP contribution in [0.2, 0.25) is 0 Å². The molecule has 228 valence electrons. The summed E-state index contributed by atoms with van der Waals surface area (Å²) in [5.74, 6) is -0.146. The minimum atomic E-state index is -0.517. The zero-order valence-corrected chi connectivity index (χ0v) is 25.8. The van der Waals surface area contributed by atoms with Gasteiger partial charge in [-0.05, 0) is 63.8 Å². The lowest BCUT2D eigenvalue weighted by Crippen LogP contribution is -2.54. The molecule has 0 unspecified atom stereocenters. The van der Waals surface area contributed by atoms with Crippen molar-refractivity contribution in [3.8, 4) is 0 Å². The Bertz CT molecular complexity index is 629. The Morgan fingerprint density at radius 2 is 1.36 bits per heavy atom. The molecule has 1 rings (SSSR count). The van der Waals surface area contributed by atoms with Gasteiger partial charge in [0.25, 0.3) is 0 Å². The summed E-state index contributed by atoms with van der Waals surface area (Å²) in [6, 6.07) is -0.517. The molecule has 1 fully saturated rings. The lowest BCUT2D eigenvalue weighted by molar-refractivity contribution is -0.129. The molecule has 0 bridgehead atoms. The average Bonchev–Trinajstić information content (AvgIpc) is 2.94. The summed E-state index contributed by atoms with van der Waals surface area (Å²) >= 11 is 5.59. The van der Waals surface area contributed by atoms with Crippen LogP contribution < -0.4 is 20.8 Å². The highest BCUT2D eigenvalue weighted by molar-refractivity contribution is 6.13. The topological polar surface area (TPSA) is 88.7 Å². The van der Waals surface area contributed by atoms with Crippen molar-refractivity contribution in [2.24, 2.45) is 0 Å². The maximum absolute atomic E-state index is 12.9. The first-order chi connectivity index (χ1) is 19.1. The third-order valence-corrected chi connectivity index (χ3v) is 7.59. The molecule has 0 radical (unpaired) electrons. The predicted molar refractivity (Wildman–Crippen MR) is 165 cm³/mol. The van der Waals surface area contributed by atoms with Crippen LogP contribution in [0.4, 0.5) is 0 Å². The lowest BCUT2D eigenvalue weighted by Gasteiger charge is -2.34. The zero-order valence-electron chi connectivity index (χ0n) is 25.1. The van der Waals surface area contributed by atoms with Crippen LogP contribution in [-0.4, -0.2) is 80.8 Å². The Morgan fingerprint density at radius 3 is 1.95 bits per heavy atom. The molecule has 8 nitrogen and oxygen atoms in total. The summed E-state index contributed by atoms with van der Waals surface area (Å²) in [7, 11) is 1.96. The van der Waals surface area contributed by atoms with Crippen molar-refractivity contribution in [2.75, 3.05) is 53.1 Å². The molecule has 0 aromatic carbocycles. The molecule has 0 saturated carbocycles. The summed E-state index contributed by atoms with van der Waals surface area (Å²) in [6.45, 7) is 8.07. The van der Waals surface area contributed by atoms with Gasteiger partial charge >= 0.3 is 0 Å². The first kappa shape index (κ1) is 35.8. The number of hydrogen-bond donors (Lipinski definition) is 4. The van der Waals surface area contributed by atoms with Crippen molar-refractivity contribution < 1.29 is 9.59 Å². The smallest absolute Gasteiger partial charge is 0.243 e. The van der Waals surface area contributed by atoms with Gasteiger partial charge in [0.05, 0.1) is 6.67 Å². The first-order valence-corrected chi connectivity index (χ1v) is 16.1. The van der Waals surface area contributed by atoms with E-state index in [1.54, 1.807) is 0 Å². The van der Waals surface area contributed by atoms with Gasteiger partial charge in [-0.1, -0.05) is 70.4 Å². The third-order valence-electron chi connectivity index (χ3n) is 7.40. The van der Waals surface area contributed by atoms with Gasteiger partial charge in [0, 0.05) is 45.8 Å². The standard InChI is InChI=1S/C30H59ClN6O2/c1-3-4-5-6-7-8-9-10-11-12-13-14-15-16-17-20-29(38)35-28(19-18-21-34-31)30(39)33-27-37-24-22-36(23-25-37)26-32-2/h10-11,28,32,34H,3-9,12-27H2,1-2H3,(H,33,39)(H,35,38)/t28-/m0/s1. The molecule has 1 saturated heterocycles. The van der Waals surface area contributed by atoms with E-state index in [0.717, 1.165) is 65.0 Å². The molecule has 0 aromatic rings. The Morgan fingerprint density at radius 1 is 0.795 bits per heavy atom. The minimum absolute atomic E-state index is 0.0349. The second kappa shape index (κ2) is 25.8. The van der Waals surface area contributed by atoms with Crippen LogP contribution in [0.1, 0.15) is 110 Å². The van der Waals surface area contributed by atoms with E-state index in [4.69, 9.17) is 11.8 Å². The van der Waals surface area contributed by atoms with Crippen LogP contribution in [0.5, 0.6) is 0 Å². The number of unbranched alkanes of at least 4 members (excludes halogenated alkanes) is 11. The number of halogens is 1. The van der Waals surface area contributed by atoms with Crippen LogP contribution in [0.15, 0.2) is 12.2 Å². The molecule has 1 aliphatic heterocycles. The highest BCUT2D eigenvalue weighted by atomic mass is 35.5. The first-order valence-electron chi connectivity index (χ1n) is 15.8. The average molecular weight is 571 g/mol. The monoisotopic (exact) mass is 570 g/mol. The van der Waals surface area contributed by atoms with Gasteiger partial charge in [-0.2, -0.15) is 0 Å². The van der Waals surface area contributed by atoms with Crippen molar-refractivity contribution in [2.45, 2.75) is 116 Å². The fourth-order valence-electron chi connectivity index (χ4n) is 4.91. The number of nitrogens with zero attached hydrogens (tertiary/aromatic N) is 2. The number of piperazine rings is 1. The number of allylic oxidation sites excluding steroid dienone is 2. The lowest BCUT2D eigenvalue weighted by atomic mass is 10.1. The van der Waals surface area contributed by atoms with E-state index in [9.17, 15) is 9.59 Å². The van der Waals surface area contributed by atoms with Crippen molar-refractivity contribution in [1.29, 1.82) is 0 Å². The summed E-state index contributed by atoms with van der Waals surface area (Å²) in [5.41, 5.74) is 0. The van der Waals surface area contributed by atoms with Crippen LogP contribution in [0.3, 0.4) is 0 Å². The number of carbonyl (C=O) groups is 2. The fourth-order valence-corrected chi connectivity index (χ4v) is 5.04. The van der Waals surface area contributed by atoms with Gasteiger partial charge in [0.1, 0.15) is 6.04 Å². The molecule has 0 aliphatic carbocycles. The molecule has 9 heteroatoms. The summed E-state index contributed by atoms with van der Waals surface area (Å²) in [4.78, 5) is 32.6. The number of amides is 2. The van der Waals surface area contributed by atoms with Crippen LogP contribution in [0, 0.1) is 0 Å². The molecular weight excluding hydrogens is 512 g/mol. The van der Waals surface area contributed by atoms with E-state index in [1.807, 2.05) is 7.05 Å². The third kappa shape index (κ3) is 20.4. The quantitative estimate of drug-likeness (QED) is 0.0709. The molecule has 4 N–H and O–H groups in total. The molecule has 1 heterocycles. The minimum Gasteiger partial charge on any atom is -0.344 e. The van der Waals surface area contributed by atoms with E-state index < -0.39 is 6.04 Å². The fraction of sp³-hybridized carbons (Fsp3) is 0.867. The van der Waals surface area contributed by atoms with Gasteiger partial charge in [-0.3, -0.25) is 19.4 Å². The summed E-state index contributed by atoms with van der Waals surface area (Å²) in [5, 5.41) is 9.19. The van der Waals surface area contributed by atoms with Crippen molar-refractivity contribution in [1.82, 2.24) is 30.6 Å². The molecule has 0 spiro atoms. The number of nitrogens with one attached hydrogen (secondary N) is 4. The van der Waals surface area contributed by atoms with Gasteiger partial charge in [0.2, 0.25) is 11.8 Å². The van der Waals surface area contributed by atoms with Gasteiger partial charge in [0.15, 0.2) is 0 Å². The van der Waals surface area contributed by atoms with E-state index in [1.165, 1.54) is 57.8 Å². The van der Waals surface area contributed by atoms with Crippen molar-refractivity contribution >= 4 is 23.6 Å². The number of hydrogen-bond acceptors (Lipinski definition) is 6. The normalized spacial score (nSPS) is 15.6. The Balaban J connectivity index is 2.15. The summed E-state index contributed by atoms with van der Waals surface area (Å²) in [6.07, 6.45) is 22.5. The van der Waals surface area contributed by atoms with Gasteiger partial charge < -0.3 is 16.0 Å². The Kier molecular flexibility index (Phi) is 23.7. The Labute approximate surface area is 244 Å². The molecule has 1 atom stereocenters. The zero-order chi connectivity index (χ0) is 28.4. The SMILES string of the molecule is CCCCCCCCC=CCCCCCCCC(=O)N[C@@H](CCCNCl)C(=O)NCN1CCN(CNC)CC1. The van der Waals surface area contributed by atoms with Crippen molar-refractivity contribution in [3.63, 3.8) is 0 Å². The number of carbonyl (C=O) groups excluding carboxylic acids is 2. The highest BCUT2D eigenvalue weighted by Gasteiger charge is 2.22. The highest BCUT2D eigenvalue weighted by Crippen LogP contribution is 2.10. The van der Waals surface area contributed by atoms with Crippen molar-refractivity contribution in [3.05, 3.63) is 12.2 Å². The van der Waals surface area contributed by atoms with Gasteiger partial charge in [-0.25, -0.2) is 4.84 Å². The summed E-state index contributed by atoms with van der Waals surface area (Å²) < 4.78 is 0. The van der Waals surface area contributed by atoms with E-state index in [-0.39, 0.29) is 11.8 Å². The largest absolute Gasteiger partial charge is 0.344 e. The second-order valence-corrected chi connectivity index (χ2v) is 11.2. The predicted octanol–water partition coefficient (Wildman–Crippen LogP) is 4.90. The maximum Gasteiger partial charge on any atom is 0.243 e. The van der Waals surface area contributed by atoms with Gasteiger partial charge in [-0.15, -0.1) is 0 Å². The van der Waals surface area contributed by atoms with Crippen LogP contribution >= 0.6 is 11.8 Å². The molecule has 0 aromatic heterocycles. The maximum atomic E-state index is 12.9. The molecular formula is C30H59ClN6O2. The number of rotatable bonds is 25. The molecule has 1 aliphatic rings. The van der Waals surface area contributed by atoms with E-state index >= 15 is 0 Å².